The normalized spacial score (nSPS) is 11.5. The summed E-state index contributed by atoms with van der Waals surface area (Å²) in [5.41, 5.74) is 0. The van der Waals surface area contributed by atoms with Crippen molar-refractivity contribution in [1.29, 1.82) is 0 Å². The van der Waals surface area contributed by atoms with E-state index in [1.807, 2.05) is 0 Å². The molecule has 0 aliphatic heterocycles. The lowest BCUT2D eigenvalue weighted by atomic mass is 10.4. The van der Waals surface area contributed by atoms with Gasteiger partial charge in [0.05, 0.1) is 0 Å². The summed E-state index contributed by atoms with van der Waals surface area (Å²) in [6.07, 6.45) is 0. The van der Waals surface area contributed by atoms with E-state index in [0.29, 0.717) is 0 Å². The van der Waals surface area contributed by atoms with E-state index in [0.717, 1.165) is 0 Å². The molecule has 2 heteroatoms. The van der Waals surface area contributed by atoms with Crippen LogP contribution in [0, 0.1) is 0 Å². The second-order valence-electron chi connectivity index (χ2n) is 6.81. The molecule has 0 aliphatic rings. The van der Waals surface area contributed by atoms with E-state index in [2.05, 4.69) is 128 Å². The largest absolute Gasteiger partial charge is 0.150 e. The molecule has 0 amide bonds. The predicted octanol–water partition coefficient (Wildman–Crippen LogP) is 4.51. The fraction of sp³-hybridized carbons (Fsp3) is 0.0400. The maximum absolute atomic E-state index is 2.55. The first-order valence-electron chi connectivity index (χ1n) is 9.31. The summed E-state index contributed by atoms with van der Waals surface area (Å²) in [5.74, 6) is 0. The number of hydrogen-bond acceptors (Lipinski definition) is 0. The minimum Gasteiger partial charge on any atom is -0.0624 e. The highest BCUT2D eigenvalue weighted by Gasteiger charge is 2.41. The summed E-state index contributed by atoms with van der Waals surface area (Å²) in [6.45, 7) is 2.55. The molecule has 27 heavy (non-hydrogen) atoms. The van der Waals surface area contributed by atoms with Gasteiger partial charge in [0, 0.05) is 0 Å². The smallest absolute Gasteiger partial charge is 0.0624 e. The lowest BCUT2D eigenvalue weighted by Gasteiger charge is -2.38. The molecule has 0 radical (unpaired) electrons. The summed E-state index contributed by atoms with van der Waals surface area (Å²) in [7, 11) is -2.56. The number of hydrogen-bond donors (Lipinski definition) is 0. The van der Waals surface area contributed by atoms with Crippen LogP contribution in [0.25, 0.3) is 0 Å². The van der Waals surface area contributed by atoms with Gasteiger partial charge in [-0.2, -0.15) is 0 Å². The summed E-state index contributed by atoms with van der Waals surface area (Å²) in [4.78, 5) is 0. The molecule has 0 atom stereocenters. The Morgan fingerprint density at radius 1 is 0.444 bits per heavy atom. The molecule has 0 heterocycles. The van der Waals surface area contributed by atoms with Crippen molar-refractivity contribution in [3.05, 3.63) is 121 Å². The Morgan fingerprint density at radius 2 is 0.741 bits per heavy atom. The Morgan fingerprint density at radius 3 is 1.07 bits per heavy atom. The third-order valence-corrected chi connectivity index (χ3v) is 16.4. The fourth-order valence-corrected chi connectivity index (χ4v) is 15.0. The van der Waals surface area contributed by atoms with Crippen LogP contribution in [0.2, 0.25) is 6.55 Å². The molecule has 0 spiro atoms. The van der Waals surface area contributed by atoms with Crippen LogP contribution in [0.15, 0.2) is 121 Å². The summed E-state index contributed by atoms with van der Waals surface area (Å²) in [6, 6.07) is 44.5. The summed E-state index contributed by atoms with van der Waals surface area (Å²) in [5, 5.41) is 5.91. The third-order valence-electron chi connectivity index (χ3n) is 5.15. The SMILES string of the molecule is C[Si](c1ccccc1)(c1ccccc1)P(c1ccccc1)c1ccccc1. The van der Waals surface area contributed by atoms with Gasteiger partial charge in [0.1, 0.15) is 7.74 Å². The minimum atomic E-state index is -2.05. The van der Waals surface area contributed by atoms with Gasteiger partial charge in [-0.15, -0.1) is 0 Å². The molecule has 0 saturated heterocycles. The van der Waals surface area contributed by atoms with E-state index >= 15 is 0 Å². The van der Waals surface area contributed by atoms with E-state index in [9.17, 15) is 0 Å². The van der Waals surface area contributed by atoms with Crippen LogP contribution in [0.1, 0.15) is 0 Å². The van der Waals surface area contributed by atoms with Crippen molar-refractivity contribution in [3.63, 3.8) is 0 Å². The molecule has 4 aromatic carbocycles. The lowest BCUT2D eigenvalue weighted by Crippen LogP contribution is -2.57. The van der Waals surface area contributed by atoms with Gasteiger partial charge in [0.25, 0.3) is 0 Å². The zero-order valence-corrected chi connectivity index (χ0v) is 17.4. The molecule has 4 aromatic rings. The third kappa shape index (κ3) is 3.54. The molecule has 0 N–H and O–H groups in total. The first-order chi connectivity index (χ1) is 13.3. The van der Waals surface area contributed by atoms with Gasteiger partial charge in [-0.3, -0.25) is 0 Å². The Labute approximate surface area is 164 Å². The van der Waals surface area contributed by atoms with Crippen molar-refractivity contribution >= 4 is 36.2 Å². The monoisotopic (exact) mass is 382 g/mol. The molecular weight excluding hydrogens is 359 g/mol. The topological polar surface area (TPSA) is 0 Å². The maximum atomic E-state index is 2.55. The van der Waals surface area contributed by atoms with Gasteiger partial charge in [-0.25, -0.2) is 0 Å². The molecule has 0 aliphatic carbocycles. The van der Waals surface area contributed by atoms with Crippen LogP contribution in [0.3, 0.4) is 0 Å². The molecule has 132 valence electrons. The van der Waals surface area contributed by atoms with E-state index in [1.54, 1.807) is 0 Å². The van der Waals surface area contributed by atoms with E-state index in [-0.39, 0.29) is 0 Å². The Bertz CT molecular complexity index is 891. The molecule has 0 unspecified atom stereocenters. The first-order valence-corrected chi connectivity index (χ1v) is 14.0. The maximum Gasteiger partial charge on any atom is 0.150 e. The highest BCUT2D eigenvalue weighted by atomic mass is 31.4. The van der Waals surface area contributed by atoms with Crippen molar-refractivity contribution in [2.24, 2.45) is 0 Å². The Hall–Kier alpha value is -2.47. The minimum absolute atomic E-state index is 0.510. The van der Waals surface area contributed by atoms with Gasteiger partial charge in [-0.05, 0) is 28.5 Å². The van der Waals surface area contributed by atoms with Crippen molar-refractivity contribution in [2.45, 2.75) is 6.55 Å². The van der Waals surface area contributed by atoms with E-state index in [1.165, 1.54) is 21.0 Å². The molecule has 0 aromatic heterocycles. The molecule has 4 rings (SSSR count). The van der Waals surface area contributed by atoms with Crippen LogP contribution >= 0.6 is 7.47 Å². The standard InChI is InChI=1S/C25H23PSi/c1-27(24-18-10-4-11-19-24,25-20-12-5-13-21-25)26(22-14-6-2-7-15-22)23-16-8-3-9-17-23/h2-21H,1H3. The first kappa shape index (κ1) is 17.9. The predicted molar refractivity (Wildman–Crippen MR) is 123 cm³/mol. The van der Waals surface area contributed by atoms with Crippen LogP contribution < -0.4 is 21.0 Å². The Balaban J connectivity index is 2.01. The highest BCUT2D eigenvalue weighted by Crippen LogP contribution is 2.44. The second kappa shape index (κ2) is 8.04. The molecule has 0 nitrogen and oxygen atoms in total. The van der Waals surface area contributed by atoms with Gasteiger partial charge in [0.15, 0.2) is 0 Å². The van der Waals surface area contributed by atoms with Gasteiger partial charge in [0.2, 0.25) is 0 Å². The molecular formula is C25H23PSi. The molecule has 0 fully saturated rings. The van der Waals surface area contributed by atoms with Crippen molar-refractivity contribution in [2.75, 3.05) is 0 Å². The lowest BCUT2D eigenvalue weighted by molar-refractivity contribution is 1.71. The van der Waals surface area contributed by atoms with Crippen LogP contribution in [-0.4, -0.2) is 7.74 Å². The zero-order chi connectivity index (χ0) is 18.5. The quantitative estimate of drug-likeness (QED) is 0.352. The molecule has 0 bridgehead atoms. The highest BCUT2D eigenvalue weighted by molar-refractivity contribution is 8.08. The van der Waals surface area contributed by atoms with Crippen LogP contribution in [0.4, 0.5) is 0 Å². The average Bonchev–Trinajstić information content (AvgIpc) is 2.76. The fourth-order valence-electron chi connectivity index (χ4n) is 3.77. The number of rotatable bonds is 5. The number of benzene rings is 4. The Kier molecular flexibility index (Phi) is 5.34. The zero-order valence-electron chi connectivity index (χ0n) is 15.5. The molecule has 0 saturated carbocycles. The van der Waals surface area contributed by atoms with Crippen molar-refractivity contribution in [1.82, 2.24) is 0 Å². The van der Waals surface area contributed by atoms with E-state index in [4.69, 9.17) is 0 Å². The average molecular weight is 383 g/mol. The summed E-state index contributed by atoms with van der Waals surface area (Å²) < 4.78 is 0. The van der Waals surface area contributed by atoms with Crippen LogP contribution in [-0.2, 0) is 0 Å². The second-order valence-corrected chi connectivity index (χ2v) is 15.8. The van der Waals surface area contributed by atoms with E-state index < -0.39 is 15.2 Å². The van der Waals surface area contributed by atoms with Crippen molar-refractivity contribution in [3.8, 4) is 0 Å². The van der Waals surface area contributed by atoms with Gasteiger partial charge < -0.3 is 0 Å². The van der Waals surface area contributed by atoms with Gasteiger partial charge >= 0.3 is 0 Å². The van der Waals surface area contributed by atoms with Crippen molar-refractivity contribution < 1.29 is 0 Å². The van der Waals surface area contributed by atoms with Crippen LogP contribution in [0.5, 0.6) is 0 Å². The summed E-state index contributed by atoms with van der Waals surface area (Å²) >= 11 is 0. The van der Waals surface area contributed by atoms with Gasteiger partial charge in [-0.1, -0.05) is 128 Å².